The van der Waals surface area contributed by atoms with Crippen molar-refractivity contribution in [1.82, 2.24) is 0 Å². The third kappa shape index (κ3) is 2.11. The first-order valence-electron chi connectivity index (χ1n) is 7.75. The van der Waals surface area contributed by atoms with Crippen LogP contribution in [0.2, 0.25) is 5.02 Å². The van der Waals surface area contributed by atoms with E-state index in [0.717, 1.165) is 22.0 Å². The monoisotopic (exact) mass is 364 g/mol. The minimum Gasteiger partial charge on any atom is -0.367 e. The Morgan fingerprint density at radius 2 is 1.76 bits per heavy atom. The molecule has 0 aliphatic heterocycles. The van der Waals surface area contributed by atoms with Crippen LogP contribution in [0.5, 0.6) is 0 Å². The highest BCUT2D eigenvalue weighted by atomic mass is 79.9. The number of nitrogens with zero attached hydrogens (tertiary/aromatic N) is 1. The molecule has 0 aromatic heterocycles. The highest BCUT2D eigenvalue weighted by Crippen LogP contribution is 2.59. The zero-order chi connectivity index (χ0) is 14.6. The highest BCUT2D eigenvalue weighted by molar-refractivity contribution is 9.10. The summed E-state index contributed by atoms with van der Waals surface area (Å²) in [6.45, 7) is 0. The lowest BCUT2D eigenvalue weighted by atomic mass is 9.49. The lowest BCUT2D eigenvalue weighted by molar-refractivity contribution is -0.0206. The molecule has 1 aromatic carbocycles. The van der Waals surface area contributed by atoms with Crippen molar-refractivity contribution in [2.45, 2.75) is 37.6 Å². The number of rotatable bonds is 2. The van der Waals surface area contributed by atoms with Gasteiger partial charge in [0.05, 0.1) is 11.1 Å². The van der Waals surface area contributed by atoms with Crippen molar-refractivity contribution in [2.75, 3.05) is 5.32 Å². The summed E-state index contributed by atoms with van der Waals surface area (Å²) in [5.41, 5.74) is 0.626. The number of anilines is 1. The Kier molecular flexibility index (Phi) is 3.24. The Bertz CT molecular complexity index is 594. The van der Waals surface area contributed by atoms with Gasteiger partial charge in [0, 0.05) is 10.2 Å². The van der Waals surface area contributed by atoms with Crippen LogP contribution in [0.15, 0.2) is 22.7 Å². The van der Waals surface area contributed by atoms with E-state index in [9.17, 15) is 5.26 Å². The largest absolute Gasteiger partial charge is 0.367 e. The lowest BCUT2D eigenvalue weighted by Gasteiger charge is -2.58. The second-order valence-corrected chi connectivity index (χ2v) is 8.30. The third-order valence-electron chi connectivity index (χ3n) is 5.88. The molecule has 1 N–H and O–H groups in total. The van der Waals surface area contributed by atoms with Gasteiger partial charge in [0.1, 0.15) is 5.54 Å². The van der Waals surface area contributed by atoms with Gasteiger partial charge >= 0.3 is 0 Å². The number of hydrogen-bond acceptors (Lipinski definition) is 2. The molecule has 0 spiro atoms. The quantitative estimate of drug-likeness (QED) is 0.778. The lowest BCUT2D eigenvalue weighted by Crippen LogP contribution is -2.61. The Hall–Kier alpha value is -0.720. The van der Waals surface area contributed by atoms with Crippen LogP contribution >= 0.6 is 27.5 Å². The van der Waals surface area contributed by atoms with Crippen LogP contribution in [-0.4, -0.2) is 5.54 Å². The summed E-state index contributed by atoms with van der Waals surface area (Å²) < 4.78 is 0.881. The van der Waals surface area contributed by atoms with Gasteiger partial charge in [0.15, 0.2) is 0 Å². The normalized spacial score (nSPS) is 40.0. The molecule has 4 bridgehead atoms. The van der Waals surface area contributed by atoms with Crippen molar-refractivity contribution in [3.05, 3.63) is 27.7 Å². The Morgan fingerprint density at radius 1 is 1.14 bits per heavy atom. The molecule has 2 nitrogen and oxygen atoms in total. The van der Waals surface area contributed by atoms with Crippen LogP contribution in [0.4, 0.5) is 5.69 Å². The average molecular weight is 366 g/mol. The van der Waals surface area contributed by atoms with Gasteiger partial charge in [-0.2, -0.15) is 5.26 Å². The minimum absolute atomic E-state index is 0.374. The molecule has 21 heavy (non-hydrogen) atoms. The van der Waals surface area contributed by atoms with Crippen molar-refractivity contribution in [1.29, 1.82) is 5.26 Å². The first-order valence-corrected chi connectivity index (χ1v) is 8.92. The van der Waals surface area contributed by atoms with Crippen LogP contribution in [0, 0.1) is 35.0 Å². The van der Waals surface area contributed by atoms with Crippen molar-refractivity contribution in [2.24, 2.45) is 23.7 Å². The zero-order valence-electron chi connectivity index (χ0n) is 11.8. The van der Waals surface area contributed by atoms with Gasteiger partial charge in [0.2, 0.25) is 0 Å². The van der Waals surface area contributed by atoms with E-state index in [-0.39, 0.29) is 5.54 Å². The minimum atomic E-state index is -0.374. The van der Waals surface area contributed by atoms with Gasteiger partial charge in [-0.25, -0.2) is 0 Å². The molecule has 110 valence electrons. The molecule has 0 amide bonds. The van der Waals surface area contributed by atoms with E-state index in [4.69, 9.17) is 11.6 Å². The first kappa shape index (κ1) is 13.9. The maximum Gasteiger partial charge on any atom is 0.131 e. The SMILES string of the molecule is N#CC1(Nc2ccc(Cl)c(Br)c2)C2CC3CC(C2)CC1C3. The summed E-state index contributed by atoms with van der Waals surface area (Å²) in [5.74, 6) is 2.75. The molecule has 4 saturated carbocycles. The second kappa shape index (κ2) is 4.89. The molecule has 0 atom stereocenters. The molecule has 4 heteroatoms. The molecular weight excluding hydrogens is 348 g/mol. The van der Waals surface area contributed by atoms with Gasteiger partial charge in [-0.15, -0.1) is 0 Å². The molecule has 1 aromatic rings. The molecule has 0 heterocycles. The van der Waals surface area contributed by atoms with Gasteiger partial charge < -0.3 is 5.32 Å². The van der Waals surface area contributed by atoms with Crippen molar-refractivity contribution in [3.8, 4) is 6.07 Å². The summed E-state index contributed by atoms with van der Waals surface area (Å²) in [6.07, 6.45) is 6.30. The fourth-order valence-corrected chi connectivity index (χ4v) is 5.65. The Balaban J connectivity index is 1.68. The van der Waals surface area contributed by atoms with Crippen molar-refractivity contribution < 1.29 is 0 Å². The van der Waals surface area contributed by atoms with E-state index >= 15 is 0 Å². The number of halogens is 2. The number of nitrogens with one attached hydrogen (secondary N) is 1. The van der Waals surface area contributed by atoms with E-state index in [0.29, 0.717) is 16.9 Å². The zero-order valence-corrected chi connectivity index (χ0v) is 14.1. The standard InChI is InChI=1S/C17H18BrClN2/c18-15-8-14(1-2-16(15)19)21-17(9-20)12-4-10-3-11(6-12)7-13(17)5-10/h1-2,8,10-13,21H,3-7H2. The Morgan fingerprint density at radius 3 is 2.29 bits per heavy atom. The predicted octanol–water partition coefficient (Wildman–Crippen LogP) is 5.23. The molecular formula is C17H18BrClN2. The van der Waals surface area contributed by atoms with Crippen molar-refractivity contribution >= 4 is 33.2 Å². The van der Waals surface area contributed by atoms with Gasteiger partial charge in [-0.1, -0.05) is 11.6 Å². The van der Waals surface area contributed by atoms with Gasteiger partial charge in [0.25, 0.3) is 0 Å². The smallest absolute Gasteiger partial charge is 0.131 e. The second-order valence-electron chi connectivity index (χ2n) is 7.04. The number of benzene rings is 1. The van der Waals surface area contributed by atoms with Crippen LogP contribution in [0.3, 0.4) is 0 Å². The van der Waals surface area contributed by atoms with E-state index in [2.05, 4.69) is 27.3 Å². The summed E-state index contributed by atoms with van der Waals surface area (Å²) in [6, 6.07) is 8.54. The predicted molar refractivity (Wildman–Crippen MR) is 88.2 cm³/mol. The van der Waals surface area contributed by atoms with E-state index in [1.54, 1.807) is 0 Å². The highest BCUT2D eigenvalue weighted by Gasteiger charge is 2.57. The van der Waals surface area contributed by atoms with Gasteiger partial charge in [-0.05, 0) is 89.9 Å². The molecule has 5 rings (SSSR count). The van der Waals surface area contributed by atoms with E-state index in [1.807, 2.05) is 18.2 Å². The maximum absolute atomic E-state index is 9.98. The van der Waals surface area contributed by atoms with Crippen LogP contribution in [0.1, 0.15) is 32.1 Å². The molecule has 4 aliphatic carbocycles. The molecule has 0 unspecified atom stereocenters. The van der Waals surface area contributed by atoms with Gasteiger partial charge in [-0.3, -0.25) is 0 Å². The number of nitriles is 1. The Labute approximate surface area is 139 Å². The first-order chi connectivity index (χ1) is 10.1. The average Bonchev–Trinajstić information content (AvgIpc) is 2.46. The fraction of sp³-hybridized carbons (Fsp3) is 0.588. The topological polar surface area (TPSA) is 35.8 Å². The van der Waals surface area contributed by atoms with Crippen LogP contribution < -0.4 is 5.32 Å². The van der Waals surface area contributed by atoms with Crippen molar-refractivity contribution in [3.63, 3.8) is 0 Å². The van der Waals surface area contributed by atoms with E-state index in [1.165, 1.54) is 32.1 Å². The summed E-state index contributed by atoms with van der Waals surface area (Å²) in [7, 11) is 0. The van der Waals surface area contributed by atoms with E-state index < -0.39 is 0 Å². The summed E-state index contributed by atoms with van der Waals surface area (Å²) >= 11 is 9.55. The fourth-order valence-electron chi connectivity index (χ4n) is 5.15. The third-order valence-corrected chi connectivity index (χ3v) is 7.10. The summed E-state index contributed by atoms with van der Waals surface area (Å²) in [4.78, 5) is 0. The number of hydrogen-bond donors (Lipinski definition) is 1. The van der Waals surface area contributed by atoms with Crippen LogP contribution in [-0.2, 0) is 0 Å². The summed E-state index contributed by atoms with van der Waals surface area (Å²) in [5, 5.41) is 14.3. The molecule has 0 saturated heterocycles. The van der Waals surface area contributed by atoms with Crippen LogP contribution in [0.25, 0.3) is 0 Å². The molecule has 0 radical (unpaired) electrons. The molecule has 4 aliphatic rings. The molecule has 4 fully saturated rings. The maximum atomic E-state index is 9.98.